The fourth-order valence-corrected chi connectivity index (χ4v) is 2.20. The highest BCUT2D eigenvalue weighted by Gasteiger charge is 2.17. The molecule has 0 atom stereocenters. The van der Waals surface area contributed by atoms with Crippen molar-refractivity contribution in [1.29, 1.82) is 0 Å². The molecule has 0 unspecified atom stereocenters. The van der Waals surface area contributed by atoms with Crippen LogP contribution in [0.1, 0.15) is 21.5 Å². The number of carbonyl (C=O) groups is 1. The van der Waals surface area contributed by atoms with Crippen LogP contribution in [0.3, 0.4) is 0 Å². The largest absolute Gasteiger partial charge is 0.496 e. The van der Waals surface area contributed by atoms with Crippen LogP contribution in [0.2, 0.25) is 0 Å². The average molecular weight is 323 g/mol. The molecule has 0 N–H and O–H groups in total. The molecule has 0 aromatic heterocycles. The highest BCUT2D eigenvalue weighted by Crippen LogP contribution is 2.25. The van der Waals surface area contributed by atoms with E-state index in [9.17, 15) is 9.18 Å². The number of carbonyl (C=O) groups excluding carboxylic acids is 1. The highest BCUT2D eigenvalue weighted by molar-refractivity contribution is 9.10. The molecule has 2 nitrogen and oxygen atoms in total. The Morgan fingerprint density at radius 2 is 1.89 bits per heavy atom. The second-order valence-corrected chi connectivity index (χ2v) is 5.05. The lowest BCUT2D eigenvalue weighted by atomic mass is 9.98. The number of methoxy groups -OCH3 is 1. The minimum Gasteiger partial charge on any atom is -0.496 e. The van der Waals surface area contributed by atoms with Gasteiger partial charge in [0.15, 0.2) is 5.78 Å². The van der Waals surface area contributed by atoms with Gasteiger partial charge in [0.2, 0.25) is 0 Å². The van der Waals surface area contributed by atoms with Crippen molar-refractivity contribution >= 4 is 21.7 Å². The lowest BCUT2D eigenvalue weighted by Crippen LogP contribution is -2.06. The number of aryl methyl sites for hydroxylation is 1. The van der Waals surface area contributed by atoms with Gasteiger partial charge in [-0.05, 0) is 42.8 Å². The van der Waals surface area contributed by atoms with E-state index in [1.54, 1.807) is 6.07 Å². The Kier molecular flexibility index (Phi) is 4.00. The summed E-state index contributed by atoms with van der Waals surface area (Å²) < 4.78 is 19.2. The van der Waals surface area contributed by atoms with Crippen LogP contribution in [0.4, 0.5) is 4.39 Å². The van der Waals surface area contributed by atoms with E-state index in [2.05, 4.69) is 15.9 Å². The molecule has 2 aromatic carbocycles. The van der Waals surface area contributed by atoms with Crippen LogP contribution in [-0.4, -0.2) is 12.9 Å². The van der Waals surface area contributed by atoms with Crippen molar-refractivity contribution in [1.82, 2.24) is 0 Å². The number of halogens is 2. The van der Waals surface area contributed by atoms with Gasteiger partial charge < -0.3 is 4.74 Å². The van der Waals surface area contributed by atoms with E-state index < -0.39 is 5.82 Å². The Morgan fingerprint density at radius 1 is 1.16 bits per heavy atom. The van der Waals surface area contributed by atoms with Crippen LogP contribution in [0.5, 0.6) is 5.75 Å². The molecule has 4 heteroatoms. The van der Waals surface area contributed by atoms with Crippen LogP contribution in [0, 0.1) is 12.7 Å². The van der Waals surface area contributed by atoms with Crippen LogP contribution in [0.15, 0.2) is 40.9 Å². The van der Waals surface area contributed by atoms with Gasteiger partial charge in [0, 0.05) is 10.0 Å². The molecular formula is C15H12BrFO2. The Balaban J connectivity index is 2.55. The summed E-state index contributed by atoms with van der Waals surface area (Å²) in [6.45, 7) is 1.84. The molecule has 2 rings (SSSR count). The molecule has 0 saturated carbocycles. The van der Waals surface area contributed by atoms with E-state index in [0.29, 0.717) is 11.3 Å². The van der Waals surface area contributed by atoms with Gasteiger partial charge >= 0.3 is 0 Å². The highest BCUT2D eigenvalue weighted by atomic mass is 79.9. The molecule has 0 aliphatic carbocycles. The molecule has 98 valence electrons. The minimum absolute atomic E-state index is 0.226. The fourth-order valence-electron chi connectivity index (χ4n) is 1.84. The van der Waals surface area contributed by atoms with E-state index in [0.717, 1.165) is 10.0 Å². The monoisotopic (exact) mass is 322 g/mol. The number of hydrogen-bond donors (Lipinski definition) is 0. The predicted octanol–water partition coefficient (Wildman–Crippen LogP) is 4.14. The molecule has 0 amide bonds. The molecule has 0 fully saturated rings. The van der Waals surface area contributed by atoms with Crippen LogP contribution < -0.4 is 4.74 Å². The van der Waals surface area contributed by atoms with Gasteiger partial charge in [-0.1, -0.05) is 22.0 Å². The maximum Gasteiger partial charge on any atom is 0.197 e. The first-order valence-electron chi connectivity index (χ1n) is 5.67. The zero-order chi connectivity index (χ0) is 14.0. The SMILES string of the molecule is COc1ccc(F)cc1C(=O)c1cc(Br)ccc1C. The smallest absolute Gasteiger partial charge is 0.197 e. The summed E-state index contributed by atoms with van der Waals surface area (Å²) in [7, 11) is 1.46. The summed E-state index contributed by atoms with van der Waals surface area (Å²) in [5.41, 5.74) is 1.58. The predicted molar refractivity (Wildman–Crippen MR) is 75.3 cm³/mol. The summed E-state index contributed by atoms with van der Waals surface area (Å²) in [5.74, 6) is -0.349. The summed E-state index contributed by atoms with van der Waals surface area (Å²) >= 11 is 3.33. The summed E-state index contributed by atoms with van der Waals surface area (Å²) in [5, 5.41) is 0. The molecule has 2 aromatic rings. The fraction of sp³-hybridized carbons (Fsp3) is 0.133. The number of ether oxygens (including phenoxy) is 1. The lowest BCUT2D eigenvalue weighted by molar-refractivity contribution is 0.103. The average Bonchev–Trinajstić information content (AvgIpc) is 2.40. The third-order valence-electron chi connectivity index (χ3n) is 2.85. The molecule has 19 heavy (non-hydrogen) atoms. The third-order valence-corrected chi connectivity index (χ3v) is 3.34. The quantitative estimate of drug-likeness (QED) is 0.794. The van der Waals surface area contributed by atoms with Crippen molar-refractivity contribution in [3.63, 3.8) is 0 Å². The molecular weight excluding hydrogens is 311 g/mol. The number of hydrogen-bond acceptors (Lipinski definition) is 2. The maximum atomic E-state index is 13.3. The Bertz CT molecular complexity index is 638. The lowest BCUT2D eigenvalue weighted by Gasteiger charge is -2.10. The van der Waals surface area contributed by atoms with Gasteiger partial charge in [-0.2, -0.15) is 0 Å². The first-order chi connectivity index (χ1) is 9.02. The minimum atomic E-state index is -0.461. The van der Waals surface area contributed by atoms with Crippen molar-refractivity contribution in [2.24, 2.45) is 0 Å². The van der Waals surface area contributed by atoms with E-state index in [4.69, 9.17) is 4.74 Å². The Hall–Kier alpha value is -1.68. The molecule has 0 heterocycles. The first-order valence-corrected chi connectivity index (χ1v) is 6.46. The second kappa shape index (κ2) is 5.53. The van der Waals surface area contributed by atoms with Crippen LogP contribution >= 0.6 is 15.9 Å². The number of benzene rings is 2. The van der Waals surface area contributed by atoms with Crippen molar-refractivity contribution in [3.8, 4) is 5.75 Å². The van der Waals surface area contributed by atoms with Gasteiger partial charge in [-0.3, -0.25) is 4.79 Å². The standard InChI is InChI=1S/C15H12BrFO2/c1-9-3-4-10(16)7-12(9)15(18)13-8-11(17)5-6-14(13)19-2/h3-8H,1-2H3. The van der Waals surface area contributed by atoms with Gasteiger partial charge in [0.1, 0.15) is 11.6 Å². The summed E-state index contributed by atoms with van der Waals surface area (Å²) in [4.78, 5) is 12.5. The van der Waals surface area contributed by atoms with Crippen molar-refractivity contribution < 1.29 is 13.9 Å². The molecule has 0 radical (unpaired) electrons. The zero-order valence-electron chi connectivity index (χ0n) is 10.5. The molecule has 0 saturated heterocycles. The van der Waals surface area contributed by atoms with E-state index in [1.165, 1.54) is 25.3 Å². The molecule has 0 spiro atoms. The van der Waals surface area contributed by atoms with Crippen LogP contribution in [0.25, 0.3) is 0 Å². The van der Waals surface area contributed by atoms with E-state index in [-0.39, 0.29) is 11.3 Å². The van der Waals surface area contributed by atoms with Gasteiger partial charge in [0.25, 0.3) is 0 Å². The zero-order valence-corrected chi connectivity index (χ0v) is 12.1. The first kappa shape index (κ1) is 13.7. The van der Waals surface area contributed by atoms with E-state index in [1.807, 2.05) is 19.1 Å². The number of rotatable bonds is 3. The summed E-state index contributed by atoms with van der Waals surface area (Å²) in [6, 6.07) is 9.33. The molecule has 0 aliphatic rings. The normalized spacial score (nSPS) is 10.3. The second-order valence-electron chi connectivity index (χ2n) is 4.13. The summed E-state index contributed by atoms with van der Waals surface area (Å²) in [6.07, 6.45) is 0. The van der Waals surface area contributed by atoms with Crippen molar-refractivity contribution in [3.05, 3.63) is 63.4 Å². The van der Waals surface area contributed by atoms with Crippen molar-refractivity contribution in [2.45, 2.75) is 6.92 Å². The Morgan fingerprint density at radius 3 is 2.58 bits per heavy atom. The van der Waals surface area contributed by atoms with Gasteiger partial charge in [-0.15, -0.1) is 0 Å². The maximum absolute atomic E-state index is 13.3. The molecule has 0 bridgehead atoms. The molecule has 0 aliphatic heterocycles. The van der Waals surface area contributed by atoms with Crippen molar-refractivity contribution in [2.75, 3.05) is 7.11 Å². The number of ketones is 1. The van der Waals surface area contributed by atoms with Crippen LogP contribution in [-0.2, 0) is 0 Å². The third kappa shape index (κ3) is 2.84. The van der Waals surface area contributed by atoms with Gasteiger partial charge in [0.05, 0.1) is 12.7 Å². The Labute approximate surface area is 119 Å². The van der Waals surface area contributed by atoms with Gasteiger partial charge in [-0.25, -0.2) is 4.39 Å². The topological polar surface area (TPSA) is 26.3 Å². The van der Waals surface area contributed by atoms with E-state index >= 15 is 0 Å².